The van der Waals surface area contributed by atoms with Crippen molar-refractivity contribution in [1.29, 1.82) is 0 Å². The highest BCUT2D eigenvalue weighted by Gasteiger charge is 2.13. The summed E-state index contributed by atoms with van der Waals surface area (Å²) in [5, 5.41) is 2.90. The average Bonchev–Trinajstić information content (AvgIpc) is 2.76. The summed E-state index contributed by atoms with van der Waals surface area (Å²) in [6.45, 7) is 5.27. The largest absolute Gasteiger partial charge is 0.494 e. The zero-order valence-corrected chi connectivity index (χ0v) is 16.7. The van der Waals surface area contributed by atoms with Crippen molar-refractivity contribution in [2.75, 3.05) is 24.6 Å². The normalized spacial score (nSPS) is 14.0. The second kappa shape index (κ2) is 10.6. The molecule has 3 rings (SSSR count). The predicted molar refractivity (Wildman–Crippen MR) is 111 cm³/mol. The molecule has 2 heterocycles. The van der Waals surface area contributed by atoms with Crippen molar-refractivity contribution in [3.05, 3.63) is 47.9 Å². The Balaban J connectivity index is 1.49. The summed E-state index contributed by atoms with van der Waals surface area (Å²) in [5.74, 6) is 2.24. The van der Waals surface area contributed by atoms with Gasteiger partial charge in [0.25, 0.3) is 5.91 Å². The summed E-state index contributed by atoms with van der Waals surface area (Å²) in [6, 6.07) is 9.20. The number of nitrogens with one attached hydrogen (secondary N) is 1. The number of nitrogens with zero attached hydrogens (tertiary/aromatic N) is 3. The third-order valence-electron chi connectivity index (χ3n) is 4.91. The van der Waals surface area contributed by atoms with Crippen LogP contribution in [0.15, 0.2) is 36.5 Å². The lowest BCUT2D eigenvalue weighted by atomic mass is 10.1. The van der Waals surface area contributed by atoms with Gasteiger partial charge in [0.1, 0.15) is 17.4 Å². The molecule has 1 aliphatic rings. The molecule has 28 heavy (non-hydrogen) atoms. The van der Waals surface area contributed by atoms with E-state index in [1.807, 2.05) is 18.2 Å². The minimum atomic E-state index is -0.135. The van der Waals surface area contributed by atoms with E-state index in [0.717, 1.165) is 31.1 Å². The number of anilines is 1. The van der Waals surface area contributed by atoms with E-state index in [2.05, 4.69) is 27.1 Å². The van der Waals surface area contributed by atoms with Gasteiger partial charge in [0, 0.05) is 24.8 Å². The molecule has 1 saturated heterocycles. The number of rotatable bonds is 9. The molecule has 0 aliphatic carbocycles. The molecule has 150 valence electrons. The Labute approximate surface area is 167 Å². The van der Waals surface area contributed by atoms with Gasteiger partial charge in [-0.1, -0.05) is 19.8 Å². The quantitative estimate of drug-likeness (QED) is 0.665. The molecule has 1 amide bonds. The molecule has 1 aromatic heterocycles. The van der Waals surface area contributed by atoms with Gasteiger partial charge in [-0.05, 0) is 56.0 Å². The number of unbranched alkanes of at least 4 members (excludes halogenated alkanes) is 2. The van der Waals surface area contributed by atoms with Crippen LogP contribution in [0.25, 0.3) is 0 Å². The number of ether oxygens (including phenoxy) is 1. The molecular weight excluding hydrogens is 352 g/mol. The number of piperidine rings is 1. The second-order valence-electron chi connectivity index (χ2n) is 7.14. The summed E-state index contributed by atoms with van der Waals surface area (Å²) in [4.78, 5) is 23.6. The number of hydrogen-bond donors (Lipinski definition) is 1. The van der Waals surface area contributed by atoms with Gasteiger partial charge in [-0.2, -0.15) is 0 Å². The minimum Gasteiger partial charge on any atom is -0.494 e. The van der Waals surface area contributed by atoms with Gasteiger partial charge in [-0.3, -0.25) is 4.79 Å². The maximum absolute atomic E-state index is 12.4. The van der Waals surface area contributed by atoms with Gasteiger partial charge in [0.2, 0.25) is 0 Å². The van der Waals surface area contributed by atoms with Crippen molar-refractivity contribution < 1.29 is 9.53 Å². The summed E-state index contributed by atoms with van der Waals surface area (Å²) in [6.07, 6.45) is 8.85. The molecule has 6 heteroatoms. The highest BCUT2D eigenvalue weighted by Crippen LogP contribution is 2.17. The Morgan fingerprint density at radius 3 is 2.64 bits per heavy atom. The van der Waals surface area contributed by atoms with Gasteiger partial charge in [-0.25, -0.2) is 9.97 Å². The van der Waals surface area contributed by atoms with Crippen molar-refractivity contribution in [3.8, 4) is 5.75 Å². The lowest BCUT2D eigenvalue weighted by Gasteiger charge is -2.27. The molecular formula is C22H30N4O2. The minimum absolute atomic E-state index is 0.135. The van der Waals surface area contributed by atoms with E-state index in [4.69, 9.17) is 4.74 Å². The van der Waals surface area contributed by atoms with Crippen LogP contribution in [-0.2, 0) is 6.54 Å². The van der Waals surface area contributed by atoms with Crippen LogP contribution in [0.4, 0.5) is 5.82 Å². The second-order valence-corrected chi connectivity index (χ2v) is 7.14. The van der Waals surface area contributed by atoms with Gasteiger partial charge >= 0.3 is 0 Å². The third kappa shape index (κ3) is 5.94. The van der Waals surface area contributed by atoms with E-state index in [-0.39, 0.29) is 5.91 Å². The van der Waals surface area contributed by atoms with Crippen molar-refractivity contribution in [2.24, 2.45) is 0 Å². The predicted octanol–water partition coefficient (Wildman–Crippen LogP) is 3.97. The molecule has 1 aromatic carbocycles. The third-order valence-corrected chi connectivity index (χ3v) is 4.91. The van der Waals surface area contributed by atoms with E-state index in [1.165, 1.54) is 32.1 Å². The highest BCUT2D eigenvalue weighted by molar-refractivity contribution is 5.94. The lowest BCUT2D eigenvalue weighted by molar-refractivity contribution is 0.0950. The summed E-state index contributed by atoms with van der Waals surface area (Å²) >= 11 is 0. The monoisotopic (exact) mass is 382 g/mol. The van der Waals surface area contributed by atoms with Crippen LogP contribution in [0, 0.1) is 0 Å². The first-order valence-electron chi connectivity index (χ1n) is 10.3. The van der Waals surface area contributed by atoms with Crippen LogP contribution in [0.2, 0.25) is 0 Å². The van der Waals surface area contributed by atoms with Crippen molar-refractivity contribution in [2.45, 2.75) is 52.0 Å². The van der Waals surface area contributed by atoms with Crippen molar-refractivity contribution in [3.63, 3.8) is 0 Å². The Morgan fingerprint density at radius 2 is 1.89 bits per heavy atom. The zero-order chi connectivity index (χ0) is 19.6. The Morgan fingerprint density at radius 1 is 1.11 bits per heavy atom. The fourth-order valence-electron chi connectivity index (χ4n) is 3.28. The average molecular weight is 383 g/mol. The summed E-state index contributed by atoms with van der Waals surface area (Å²) < 4.78 is 5.69. The molecule has 2 aromatic rings. The molecule has 0 bridgehead atoms. The first-order valence-corrected chi connectivity index (χ1v) is 10.3. The Hall–Kier alpha value is -2.63. The smallest absolute Gasteiger partial charge is 0.251 e. The lowest BCUT2D eigenvalue weighted by Crippen LogP contribution is -2.31. The maximum atomic E-state index is 12.4. The maximum Gasteiger partial charge on any atom is 0.251 e. The van der Waals surface area contributed by atoms with Crippen LogP contribution in [0.5, 0.6) is 5.75 Å². The number of amides is 1. The standard InChI is InChI=1S/C22H30N4O2/c1-2-3-7-16-28-19-10-8-18(9-11-19)22(27)24-17-20-23-13-12-21(25-20)26-14-5-4-6-15-26/h8-13H,2-7,14-17H2,1H3,(H,24,27). The molecule has 1 N–H and O–H groups in total. The first-order chi connectivity index (χ1) is 13.8. The van der Waals surface area contributed by atoms with Gasteiger partial charge < -0.3 is 15.0 Å². The van der Waals surface area contributed by atoms with Crippen molar-refractivity contribution >= 4 is 11.7 Å². The summed E-state index contributed by atoms with van der Waals surface area (Å²) in [5.41, 5.74) is 0.605. The number of carbonyl (C=O) groups is 1. The fraction of sp³-hybridized carbons (Fsp3) is 0.500. The van der Waals surface area contributed by atoms with Gasteiger partial charge in [-0.15, -0.1) is 0 Å². The Bertz CT molecular complexity index is 742. The molecule has 0 saturated carbocycles. The molecule has 6 nitrogen and oxygen atoms in total. The Kier molecular flexibility index (Phi) is 7.64. The van der Waals surface area contributed by atoms with Crippen LogP contribution < -0.4 is 15.0 Å². The number of hydrogen-bond acceptors (Lipinski definition) is 5. The topological polar surface area (TPSA) is 67.3 Å². The summed E-state index contributed by atoms with van der Waals surface area (Å²) in [7, 11) is 0. The molecule has 1 aliphatic heterocycles. The SMILES string of the molecule is CCCCCOc1ccc(C(=O)NCc2nccc(N3CCCCC3)n2)cc1. The van der Waals surface area contributed by atoms with E-state index < -0.39 is 0 Å². The number of aromatic nitrogens is 2. The van der Waals surface area contributed by atoms with Crippen LogP contribution >= 0.6 is 0 Å². The van der Waals surface area contributed by atoms with Gasteiger partial charge in [0.15, 0.2) is 0 Å². The van der Waals surface area contributed by atoms with E-state index in [9.17, 15) is 4.79 Å². The van der Waals surface area contributed by atoms with E-state index in [1.54, 1.807) is 18.3 Å². The molecule has 1 fully saturated rings. The molecule has 0 spiro atoms. The van der Waals surface area contributed by atoms with E-state index in [0.29, 0.717) is 24.5 Å². The van der Waals surface area contributed by atoms with E-state index >= 15 is 0 Å². The molecule has 0 atom stereocenters. The van der Waals surface area contributed by atoms with Crippen LogP contribution in [-0.4, -0.2) is 35.6 Å². The first kappa shape index (κ1) is 20.1. The van der Waals surface area contributed by atoms with Crippen molar-refractivity contribution in [1.82, 2.24) is 15.3 Å². The van der Waals surface area contributed by atoms with Crippen LogP contribution in [0.1, 0.15) is 61.6 Å². The number of benzene rings is 1. The zero-order valence-electron chi connectivity index (χ0n) is 16.7. The van der Waals surface area contributed by atoms with Gasteiger partial charge in [0.05, 0.1) is 13.2 Å². The fourth-order valence-corrected chi connectivity index (χ4v) is 3.28. The van der Waals surface area contributed by atoms with Crippen LogP contribution in [0.3, 0.4) is 0 Å². The highest BCUT2D eigenvalue weighted by atomic mass is 16.5. The number of carbonyl (C=O) groups excluding carboxylic acids is 1. The molecule has 0 radical (unpaired) electrons. The molecule has 0 unspecified atom stereocenters.